The molecular formula is C15H13N5OS. The number of carbonyl (C=O) groups excluding carboxylic acids is 1. The van der Waals surface area contributed by atoms with Gasteiger partial charge in [0.05, 0.1) is 0 Å². The third-order valence-electron chi connectivity index (χ3n) is 2.96. The first kappa shape index (κ1) is 14.3. The monoisotopic (exact) mass is 311 g/mol. The lowest BCUT2D eigenvalue weighted by Gasteiger charge is -2.10. The summed E-state index contributed by atoms with van der Waals surface area (Å²) in [6.07, 6.45) is 1.68. The first-order valence-corrected chi connectivity index (χ1v) is 7.47. The number of carbonyl (C=O) groups is 1. The van der Waals surface area contributed by atoms with Gasteiger partial charge in [0.2, 0.25) is 11.1 Å². The number of nitrogens with one attached hydrogen (secondary N) is 1. The van der Waals surface area contributed by atoms with Crippen molar-refractivity contribution in [1.82, 2.24) is 20.2 Å². The Morgan fingerprint density at radius 2 is 1.91 bits per heavy atom. The summed E-state index contributed by atoms with van der Waals surface area (Å²) in [5.74, 6) is 0.125. The van der Waals surface area contributed by atoms with Crippen LogP contribution in [0.3, 0.4) is 0 Å². The van der Waals surface area contributed by atoms with E-state index in [1.807, 2.05) is 48.5 Å². The molecule has 0 unspecified atom stereocenters. The number of hydrogen-bond donors (Lipinski definition) is 2. The zero-order valence-electron chi connectivity index (χ0n) is 11.5. The molecule has 22 heavy (non-hydrogen) atoms. The molecule has 0 saturated carbocycles. The molecule has 0 spiro atoms. The van der Waals surface area contributed by atoms with Gasteiger partial charge in [-0.25, -0.2) is 0 Å². The van der Waals surface area contributed by atoms with Gasteiger partial charge in [0.1, 0.15) is 10.9 Å². The largest absolute Gasteiger partial charge is 0.368 e. The Bertz CT molecular complexity index is 760. The number of primary amides is 1. The Labute approximate surface area is 131 Å². The second kappa shape index (κ2) is 6.40. The fourth-order valence-corrected chi connectivity index (χ4v) is 2.80. The van der Waals surface area contributed by atoms with Crippen LogP contribution in [0.25, 0.3) is 11.5 Å². The lowest BCUT2D eigenvalue weighted by atomic mass is 10.1. The lowest BCUT2D eigenvalue weighted by Crippen LogP contribution is -2.19. The number of nitrogens with two attached hydrogens (primary N) is 1. The molecule has 2 aromatic heterocycles. The van der Waals surface area contributed by atoms with Gasteiger partial charge in [-0.1, -0.05) is 48.2 Å². The van der Waals surface area contributed by atoms with Crippen molar-refractivity contribution in [3.8, 4) is 11.5 Å². The van der Waals surface area contributed by atoms with Crippen LogP contribution in [0.2, 0.25) is 0 Å². The first-order chi connectivity index (χ1) is 10.7. The minimum atomic E-state index is -0.534. The molecule has 1 aromatic carbocycles. The van der Waals surface area contributed by atoms with E-state index < -0.39 is 11.2 Å². The van der Waals surface area contributed by atoms with E-state index in [9.17, 15) is 4.79 Å². The fourth-order valence-electron chi connectivity index (χ4n) is 1.94. The number of hydrogen-bond acceptors (Lipinski definition) is 5. The van der Waals surface area contributed by atoms with Crippen molar-refractivity contribution >= 4 is 17.7 Å². The zero-order chi connectivity index (χ0) is 15.4. The summed E-state index contributed by atoms with van der Waals surface area (Å²) in [5.41, 5.74) is 7.01. The SMILES string of the molecule is NC(=O)[C@H](Sc1n[nH]c(-c2ccccn2)n1)c1ccccc1. The smallest absolute Gasteiger partial charge is 0.235 e. The predicted molar refractivity (Wildman–Crippen MR) is 83.8 cm³/mol. The van der Waals surface area contributed by atoms with Gasteiger partial charge in [-0.05, 0) is 17.7 Å². The molecular weight excluding hydrogens is 298 g/mol. The number of amides is 1. The van der Waals surface area contributed by atoms with Gasteiger partial charge in [-0.2, -0.15) is 4.98 Å². The zero-order valence-corrected chi connectivity index (χ0v) is 12.3. The topological polar surface area (TPSA) is 97.6 Å². The van der Waals surface area contributed by atoms with Crippen LogP contribution in [0, 0.1) is 0 Å². The molecule has 3 rings (SSSR count). The van der Waals surface area contributed by atoms with E-state index in [2.05, 4.69) is 20.2 Å². The summed E-state index contributed by atoms with van der Waals surface area (Å²) in [4.78, 5) is 20.3. The quantitative estimate of drug-likeness (QED) is 0.704. The van der Waals surface area contributed by atoms with E-state index in [4.69, 9.17) is 5.73 Å². The number of aromatic amines is 1. The van der Waals surface area contributed by atoms with Crippen molar-refractivity contribution in [3.63, 3.8) is 0 Å². The van der Waals surface area contributed by atoms with Crippen LogP contribution in [0.4, 0.5) is 0 Å². The maximum Gasteiger partial charge on any atom is 0.235 e. The number of rotatable bonds is 5. The normalized spacial score (nSPS) is 12.0. The maximum atomic E-state index is 11.7. The molecule has 0 saturated heterocycles. The minimum absolute atomic E-state index is 0.430. The van der Waals surface area contributed by atoms with E-state index >= 15 is 0 Å². The summed E-state index contributed by atoms with van der Waals surface area (Å²) in [6.45, 7) is 0. The van der Waals surface area contributed by atoms with E-state index in [0.29, 0.717) is 16.7 Å². The van der Waals surface area contributed by atoms with Crippen molar-refractivity contribution in [2.45, 2.75) is 10.4 Å². The average Bonchev–Trinajstić information content (AvgIpc) is 3.03. The van der Waals surface area contributed by atoms with Gasteiger partial charge in [-0.3, -0.25) is 14.9 Å². The average molecular weight is 311 g/mol. The number of pyridine rings is 1. The molecule has 7 heteroatoms. The molecule has 3 aromatic rings. The van der Waals surface area contributed by atoms with Gasteiger partial charge in [-0.15, -0.1) is 5.10 Å². The number of benzene rings is 1. The van der Waals surface area contributed by atoms with Gasteiger partial charge < -0.3 is 5.73 Å². The molecule has 0 aliphatic rings. The first-order valence-electron chi connectivity index (χ1n) is 6.59. The molecule has 1 atom stereocenters. The molecule has 3 N–H and O–H groups in total. The van der Waals surface area contributed by atoms with Crippen molar-refractivity contribution in [3.05, 3.63) is 60.3 Å². The van der Waals surface area contributed by atoms with Crippen LogP contribution >= 0.6 is 11.8 Å². The predicted octanol–water partition coefficient (Wildman–Crippen LogP) is 2.19. The second-order valence-electron chi connectivity index (χ2n) is 4.49. The van der Waals surface area contributed by atoms with Crippen LogP contribution in [0.5, 0.6) is 0 Å². The molecule has 0 aliphatic carbocycles. The van der Waals surface area contributed by atoms with Gasteiger partial charge in [0, 0.05) is 6.20 Å². The molecule has 0 radical (unpaired) electrons. The molecule has 0 aliphatic heterocycles. The van der Waals surface area contributed by atoms with Gasteiger partial charge >= 0.3 is 0 Å². The van der Waals surface area contributed by atoms with E-state index in [1.165, 1.54) is 11.8 Å². The Morgan fingerprint density at radius 1 is 1.14 bits per heavy atom. The maximum absolute atomic E-state index is 11.7. The fraction of sp³-hybridized carbons (Fsp3) is 0.0667. The van der Waals surface area contributed by atoms with E-state index in [-0.39, 0.29) is 0 Å². The summed E-state index contributed by atoms with van der Waals surface area (Å²) in [6, 6.07) is 14.9. The molecule has 1 amide bonds. The molecule has 0 fully saturated rings. The van der Waals surface area contributed by atoms with E-state index in [0.717, 1.165) is 5.56 Å². The highest BCUT2D eigenvalue weighted by atomic mass is 32.2. The number of nitrogens with zero attached hydrogens (tertiary/aromatic N) is 3. The highest BCUT2D eigenvalue weighted by molar-refractivity contribution is 8.00. The van der Waals surface area contributed by atoms with Gasteiger partial charge in [0.15, 0.2) is 5.82 Å². The standard InChI is InChI=1S/C15H13N5OS/c16-13(21)12(10-6-2-1-3-7-10)22-15-18-14(19-20-15)11-8-4-5-9-17-11/h1-9,12H,(H2,16,21)(H,18,19,20)/t12-/m1/s1. The highest BCUT2D eigenvalue weighted by Gasteiger charge is 2.21. The molecule has 110 valence electrons. The third-order valence-corrected chi connectivity index (χ3v) is 4.09. The van der Waals surface area contributed by atoms with Gasteiger partial charge in [0.25, 0.3) is 0 Å². The summed E-state index contributed by atoms with van der Waals surface area (Å²) in [7, 11) is 0. The van der Waals surface area contributed by atoms with Crippen molar-refractivity contribution in [2.75, 3.05) is 0 Å². The summed E-state index contributed by atoms with van der Waals surface area (Å²) in [5, 5.41) is 6.86. The summed E-state index contributed by atoms with van der Waals surface area (Å²) >= 11 is 1.21. The molecule has 0 bridgehead atoms. The molecule has 2 heterocycles. The van der Waals surface area contributed by atoms with Crippen molar-refractivity contribution in [1.29, 1.82) is 0 Å². The Hall–Kier alpha value is -2.67. The van der Waals surface area contributed by atoms with Crippen LogP contribution < -0.4 is 5.73 Å². The lowest BCUT2D eigenvalue weighted by molar-refractivity contribution is -0.117. The van der Waals surface area contributed by atoms with E-state index in [1.54, 1.807) is 6.20 Å². The number of aromatic nitrogens is 4. The highest BCUT2D eigenvalue weighted by Crippen LogP contribution is 2.33. The van der Waals surface area contributed by atoms with Crippen molar-refractivity contribution in [2.24, 2.45) is 5.73 Å². The molecule has 6 nitrogen and oxygen atoms in total. The van der Waals surface area contributed by atoms with Crippen LogP contribution in [-0.4, -0.2) is 26.1 Å². The van der Waals surface area contributed by atoms with Crippen LogP contribution in [0.15, 0.2) is 59.9 Å². The Kier molecular flexibility index (Phi) is 4.15. The van der Waals surface area contributed by atoms with Crippen LogP contribution in [0.1, 0.15) is 10.8 Å². The Morgan fingerprint density at radius 3 is 2.59 bits per heavy atom. The van der Waals surface area contributed by atoms with Crippen molar-refractivity contribution < 1.29 is 4.79 Å². The Balaban J connectivity index is 1.83. The minimum Gasteiger partial charge on any atom is -0.368 e. The second-order valence-corrected chi connectivity index (χ2v) is 5.56. The number of H-pyrrole nitrogens is 1. The summed E-state index contributed by atoms with van der Waals surface area (Å²) < 4.78 is 0. The third kappa shape index (κ3) is 3.15. The number of thioether (sulfide) groups is 1. The van der Waals surface area contributed by atoms with Crippen LogP contribution in [-0.2, 0) is 4.79 Å².